The summed E-state index contributed by atoms with van der Waals surface area (Å²) in [7, 11) is 1.60. The Morgan fingerprint density at radius 1 is 1.38 bits per heavy atom. The van der Waals surface area contributed by atoms with Gasteiger partial charge in [0.1, 0.15) is 5.54 Å². The molecule has 0 saturated heterocycles. The lowest BCUT2D eigenvalue weighted by molar-refractivity contribution is -0.154. The van der Waals surface area contributed by atoms with E-state index in [1.54, 1.807) is 7.11 Å². The van der Waals surface area contributed by atoms with Gasteiger partial charge in [0.05, 0.1) is 13.2 Å². The number of nitrogens with one attached hydrogen (secondary N) is 1. The minimum atomic E-state index is -0.699. The van der Waals surface area contributed by atoms with E-state index in [-0.39, 0.29) is 5.97 Å². The topological polar surface area (TPSA) is 47.6 Å². The molecule has 0 aliphatic heterocycles. The van der Waals surface area contributed by atoms with Gasteiger partial charge in [0.25, 0.3) is 0 Å². The molecular formula is C12H25NO3. The maximum atomic E-state index is 11.9. The van der Waals surface area contributed by atoms with E-state index in [1.807, 2.05) is 13.8 Å². The van der Waals surface area contributed by atoms with Crippen molar-refractivity contribution in [3.8, 4) is 0 Å². The Labute approximate surface area is 98.7 Å². The van der Waals surface area contributed by atoms with Crippen molar-refractivity contribution < 1.29 is 14.3 Å². The predicted octanol–water partition coefficient (Wildman–Crippen LogP) is 1.59. The highest BCUT2D eigenvalue weighted by molar-refractivity contribution is 5.81. The normalized spacial score (nSPS) is 14.9. The molecule has 0 heterocycles. The summed E-state index contributed by atoms with van der Waals surface area (Å²) in [5.41, 5.74) is -0.699. The van der Waals surface area contributed by atoms with Crippen LogP contribution in [0.3, 0.4) is 0 Å². The Kier molecular flexibility index (Phi) is 7.34. The molecule has 16 heavy (non-hydrogen) atoms. The van der Waals surface area contributed by atoms with Gasteiger partial charge in [-0.3, -0.25) is 5.32 Å². The number of ether oxygens (including phenoxy) is 2. The molecule has 1 atom stereocenters. The quantitative estimate of drug-likeness (QED) is 0.644. The number of carbonyl (C=O) groups excluding carboxylic acids is 1. The molecule has 0 aliphatic carbocycles. The van der Waals surface area contributed by atoms with Gasteiger partial charge >= 0.3 is 5.97 Å². The summed E-state index contributed by atoms with van der Waals surface area (Å²) >= 11 is 0. The zero-order chi connectivity index (χ0) is 12.6. The molecule has 96 valence electrons. The second-order valence-electron chi connectivity index (χ2n) is 4.36. The average molecular weight is 231 g/mol. The minimum Gasteiger partial charge on any atom is -0.465 e. The van der Waals surface area contributed by atoms with E-state index in [1.165, 1.54) is 0 Å². The van der Waals surface area contributed by atoms with Gasteiger partial charge in [0.15, 0.2) is 0 Å². The second-order valence-corrected chi connectivity index (χ2v) is 4.36. The molecule has 0 fully saturated rings. The molecule has 0 spiro atoms. The summed E-state index contributed by atoms with van der Waals surface area (Å²) in [6, 6.07) is 0. The first-order valence-corrected chi connectivity index (χ1v) is 5.93. The van der Waals surface area contributed by atoms with Crippen molar-refractivity contribution in [1.82, 2.24) is 5.32 Å². The van der Waals surface area contributed by atoms with E-state index >= 15 is 0 Å². The van der Waals surface area contributed by atoms with Crippen molar-refractivity contribution in [2.45, 2.75) is 39.7 Å². The Hall–Kier alpha value is -0.610. The fourth-order valence-electron chi connectivity index (χ4n) is 1.47. The lowest BCUT2D eigenvalue weighted by Gasteiger charge is -2.31. The maximum Gasteiger partial charge on any atom is 0.328 e. The van der Waals surface area contributed by atoms with Crippen molar-refractivity contribution in [3.63, 3.8) is 0 Å². The first-order chi connectivity index (χ1) is 7.52. The Balaban J connectivity index is 4.62. The van der Waals surface area contributed by atoms with Crippen LogP contribution in [0, 0.1) is 5.92 Å². The van der Waals surface area contributed by atoms with Crippen LogP contribution in [0.2, 0.25) is 0 Å². The Morgan fingerprint density at radius 2 is 2.00 bits per heavy atom. The zero-order valence-corrected chi connectivity index (χ0v) is 11.1. The van der Waals surface area contributed by atoms with Gasteiger partial charge in [0.2, 0.25) is 0 Å². The highest BCUT2D eigenvalue weighted by Crippen LogP contribution is 2.14. The summed E-state index contributed by atoms with van der Waals surface area (Å²) in [5.74, 6) is 0.261. The van der Waals surface area contributed by atoms with Crippen LogP contribution >= 0.6 is 0 Å². The monoisotopic (exact) mass is 231 g/mol. The number of hydrogen-bond donors (Lipinski definition) is 1. The van der Waals surface area contributed by atoms with E-state index in [0.29, 0.717) is 25.6 Å². The largest absolute Gasteiger partial charge is 0.465 e. The summed E-state index contributed by atoms with van der Waals surface area (Å²) in [6.07, 6.45) is 0.659. The van der Waals surface area contributed by atoms with Crippen molar-refractivity contribution in [1.29, 1.82) is 0 Å². The molecule has 1 unspecified atom stereocenters. The van der Waals surface area contributed by atoms with Crippen LogP contribution < -0.4 is 5.32 Å². The predicted molar refractivity (Wildman–Crippen MR) is 64.4 cm³/mol. The molecule has 0 aliphatic rings. The van der Waals surface area contributed by atoms with Crippen LogP contribution in [-0.4, -0.2) is 38.4 Å². The molecule has 0 bridgehead atoms. The third kappa shape index (κ3) is 4.49. The highest BCUT2D eigenvalue weighted by Gasteiger charge is 2.37. The van der Waals surface area contributed by atoms with Gasteiger partial charge in [-0.1, -0.05) is 20.8 Å². The SMILES string of the molecule is CCOC(=O)C(CC)(COC)NCC(C)C. The first kappa shape index (κ1) is 15.4. The lowest BCUT2D eigenvalue weighted by Crippen LogP contribution is -2.56. The van der Waals surface area contributed by atoms with E-state index < -0.39 is 5.54 Å². The van der Waals surface area contributed by atoms with Crippen LogP contribution in [0.1, 0.15) is 34.1 Å². The van der Waals surface area contributed by atoms with Crippen LogP contribution in [-0.2, 0) is 14.3 Å². The average Bonchev–Trinajstić information content (AvgIpc) is 2.24. The highest BCUT2D eigenvalue weighted by atomic mass is 16.5. The number of methoxy groups -OCH3 is 1. The number of hydrogen-bond acceptors (Lipinski definition) is 4. The molecule has 4 nitrogen and oxygen atoms in total. The van der Waals surface area contributed by atoms with Crippen LogP contribution in [0.4, 0.5) is 0 Å². The van der Waals surface area contributed by atoms with E-state index in [4.69, 9.17) is 9.47 Å². The summed E-state index contributed by atoms with van der Waals surface area (Å²) in [4.78, 5) is 11.9. The molecule has 0 aromatic heterocycles. The summed E-state index contributed by atoms with van der Waals surface area (Å²) in [6.45, 7) is 9.49. The van der Waals surface area contributed by atoms with Crippen molar-refractivity contribution >= 4 is 5.97 Å². The standard InChI is InChI=1S/C12H25NO3/c1-6-12(9-15-5,11(14)16-7-2)13-8-10(3)4/h10,13H,6-9H2,1-5H3. The Morgan fingerprint density at radius 3 is 2.38 bits per heavy atom. The van der Waals surface area contributed by atoms with Crippen molar-refractivity contribution in [2.75, 3.05) is 26.9 Å². The molecule has 4 heteroatoms. The fourth-order valence-corrected chi connectivity index (χ4v) is 1.47. The molecule has 1 N–H and O–H groups in total. The maximum absolute atomic E-state index is 11.9. The van der Waals surface area contributed by atoms with Crippen molar-refractivity contribution in [3.05, 3.63) is 0 Å². The van der Waals surface area contributed by atoms with E-state index in [9.17, 15) is 4.79 Å². The van der Waals surface area contributed by atoms with Gasteiger partial charge in [0, 0.05) is 7.11 Å². The fraction of sp³-hybridized carbons (Fsp3) is 0.917. The van der Waals surface area contributed by atoms with Gasteiger partial charge in [-0.15, -0.1) is 0 Å². The lowest BCUT2D eigenvalue weighted by atomic mass is 9.96. The first-order valence-electron chi connectivity index (χ1n) is 5.93. The molecule has 0 amide bonds. The number of esters is 1. The number of carbonyl (C=O) groups is 1. The molecule has 0 aromatic rings. The van der Waals surface area contributed by atoms with Gasteiger partial charge in [-0.25, -0.2) is 4.79 Å². The molecule has 0 aromatic carbocycles. The van der Waals surface area contributed by atoms with Gasteiger partial charge in [-0.05, 0) is 25.8 Å². The second kappa shape index (κ2) is 7.63. The molecular weight excluding hydrogens is 206 g/mol. The molecule has 0 rings (SSSR count). The third-order valence-corrected chi connectivity index (χ3v) is 2.51. The summed E-state index contributed by atoms with van der Waals surface area (Å²) in [5, 5.41) is 3.27. The molecule has 0 radical (unpaired) electrons. The molecule has 0 saturated carbocycles. The van der Waals surface area contributed by atoms with Crippen LogP contribution in [0.5, 0.6) is 0 Å². The van der Waals surface area contributed by atoms with Crippen molar-refractivity contribution in [2.24, 2.45) is 5.92 Å². The van der Waals surface area contributed by atoms with E-state index in [2.05, 4.69) is 19.2 Å². The van der Waals surface area contributed by atoms with E-state index in [0.717, 1.165) is 6.54 Å². The third-order valence-electron chi connectivity index (χ3n) is 2.51. The number of rotatable bonds is 8. The van der Waals surface area contributed by atoms with Gasteiger partial charge < -0.3 is 9.47 Å². The zero-order valence-electron chi connectivity index (χ0n) is 11.1. The van der Waals surface area contributed by atoms with Crippen LogP contribution in [0.25, 0.3) is 0 Å². The Bertz CT molecular complexity index is 206. The smallest absolute Gasteiger partial charge is 0.328 e. The summed E-state index contributed by atoms with van der Waals surface area (Å²) < 4.78 is 10.2. The minimum absolute atomic E-state index is 0.222. The van der Waals surface area contributed by atoms with Crippen LogP contribution in [0.15, 0.2) is 0 Å². The van der Waals surface area contributed by atoms with Gasteiger partial charge in [-0.2, -0.15) is 0 Å².